The fourth-order valence-corrected chi connectivity index (χ4v) is 5.94. The first kappa shape index (κ1) is 15.5. The smallest absolute Gasteiger partial charge is 0.226 e. The third-order valence-corrected chi connectivity index (χ3v) is 7.10. The molecule has 0 bridgehead atoms. The molecule has 1 atom stereocenters. The highest BCUT2D eigenvalue weighted by Crippen LogP contribution is 2.32. The quantitative estimate of drug-likeness (QED) is 0.778. The van der Waals surface area contributed by atoms with E-state index in [2.05, 4.69) is 10.3 Å². The Morgan fingerprint density at radius 3 is 2.88 bits per heavy atom. The number of sulfone groups is 1. The van der Waals surface area contributed by atoms with Crippen LogP contribution in [-0.2, 0) is 14.6 Å². The average Bonchev–Trinajstić information content (AvgIpc) is 3.09. The van der Waals surface area contributed by atoms with Crippen LogP contribution in [0.1, 0.15) is 12.8 Å². The van der Waals surface area contributed by atoms with E-state index < -0.39 is 9.84 Å². The van der Waals surface area contributed by atoms with Crippen molar-refractivity contribution in [3.63, 3.8) is 0 Å². The molecule has 1 aromatic heterocycles. The molecule has 1 N–H and O–H groups in total. The molecule has 0 saturated carbocycles. The molecule has 2 aromatic carbocycles. The summed E-state index contributed by atoms with van der Waals surface area (Å²) in [5.41, 5.74) is 0.886. The predicted octanol–water partition coefficient (Wildman–Crippen LogP) is 3.21. The van der Waals surface area contributed by atoms with Crippen LogP contribution in [-0.4, -0.2) is 30.8 Å². The summed E-state index contributed by atoms with van der Waals surface area (Å²) in [5.74, 6) is 0.0638. The Hall–Kier alpha value is -1.99. The fourth-order valence-electron chi connectivity index (χ4n) is 3.18. The Balaban J connectivity index is 1.54. The van der Waals surface area contributed by atoms with Gasteiger partial charge in [-0.15, -0.1) is 0 Å². The van der Waals surface area contributed by atoms with Gasteiger partial charge >= 0.3 is 0 Å². The van der Waals surface area contributed by atoms with Gasteiger partial charge in [0, 0.05) is 11.8 Å². The lowest BCUT2D eigenvalue weighted by molar-refractivity contribution is -0.116. The first-order valence-corrected chi connectivity index (χ1v) is 10.4. The number of benzene rings is 2. The van der Waals surface area contributed by atoms with E-state index in [9.17, 15) is 13.2 Å². The SMILES string of the molecule is O=C(CC1CCS(=O)(=O)C1)Nc1nc2c(ccc3ccccc32)s1. The fraction of sp³-hybridized carbons (Fsp3) is 0.294. The van der Waals surface area contributed by atoms with Crippen LogP contribution in [0.15, 0.2) is 36.4 Å². The first-order valence-electron chi connectivity index (χ1n) is 7.79. The van der Waals surface area contributed by atoms with E-state index in [1.54, 1.807) is 0 Å². The molecule has 1 fully saturated rings. The van der Waals surface area contributed by atoms with Crippen molar-refractivity contribution in [1.82, 2.24) is 4.98 Å². The number of thiazole rings is 1. The predicted molar refractivity (Wildman–Crippen MR) is 97.1 cm³/mol. The number of nitrogens with one attached hydrogen (secondary N) is 1. The molecule has 4 rings (SSSR count). The molecule has 1 saturated heterocycles. The monoisotopic (exact) mass is 360 g/mol. The summed E-state index contributed by atoms with van der Waals surface area (Å²) in [6.07, 6.45) is 0.802. The summed E-state index contributed by atoms with van der Waals surface area (Å²) in [7, 11) is -2.95. The molecule has 124 valence electrons. The summed E-state index contributed by atoms with van der Waals surface area (Å²) in [6, 6.07) is 12.1. The number of fused-ring (bicyclic) bond motifs is 3. The molecule has 0 radical (unpaired) electrons. The second-order valence-electron chi connectivity index (χ2n) is 6.17. The molecule has 1 amide bonds. The number of hydrogen-bond acceptors (Lipinski definition) is 5. The van der Waals surface area contributed by atoms with Crippen LogP contribution in [0.4, 0.5) is 5.13 Å². The molecule has 3 aromatic rings. The van der Waals surface area contributed by atoms with Crippen molar-refractivity contribution in [2.24, 2.45) is 5.92 Å². The van der Waals surface area contributed by atoms with E-state index in [-0.39, 0.29) is 29.8 Å². The lowest BCUT2D eigenvalue weighted by Gasteiger charge is -2.06. The van der Waals surface area contributed by atoms with E-state index in [0.29, 0.717) is 11.6 Å². The Labute approximate surface area is 143 Å². The number of carbonyl (C=O) groups is 1. The van der Waals surface area contributed by atoms with Gasteiger partial charge in [-0.05, 0) is 23.8 Å². The van der Waals surface area contributed by atoms with Crippen LogP contribution in [0.3, 0.4) is 0 Å². The maximum absolute atomic E-state index is 12.2. The van der Waals surface area contributed by atoms with Gasteiger partial charge in [0.05, 0.1) is 21.7 Å². The zero-order chi connectivity index (χ0) is 16.7. The van der Waals surface area contributed by atoms with Crippen LogP contribution in [0.25, 0.3) is 21.0 Å². The molecule has 24 heavy (non-hydrogen) atoms. The third kappa shape index (κ3) is 3.01. The normalized spacial score (nSPS) is 19.8. The molecule has 7 heteroatoms. The minimum absolute atomic E-state index is 0.0785. The number of amides is 1. The summed E-state index contributed by atoms with van der Waals surface area (Å²) in [6.45, 7) is 0. The van der Waals surface area contributed by atoms with Gasteiger partial charge in [-0.1, -0.05) is 41.7 Å². The van der Waals surface area contributed by atoms with Gasteiger partial charge in [0.1, 0.15) is 0 Å². The van der Waals surface area contributed by atoms with Crippen molar-refractivity contribution in [3.8, 4) is 0 Å². The Morgan fingerprint density at radius 1 is 1.25 bits per heavy atom. The highest BCUT2D eigenvalue weighted by atomic mass is 32.2. The molecule has 0 spiro atoms. The van der Waals surface area contributed by atoms with Crippen LogP contribution in [0, 0.1) is 5.92 Å². The largest absolute Gasteiger partial charge is 0.302 e. The van der Waals surface area contributed by atoms with E-state index >= 15 is 0 Å². The summed E-state index contributed by atoms with van der Waals surface area (Å²) >= 11 is 1.44. The summed E-state index contributed by atoms with van der Waals surface area (Å²) in [5, 5.41) is 5.56. The molecular formula is C17H16N2O3S2. The average molecular weight is 360 g/mol. The van der Waals surface area contributed by atoms with Gasteiger partial charge in [0.15, 0.2) is 15.0 Å². The van der Waals surface area contributed by atoms with E-state index in [0.717, 1.165) is 21.0 Å². The number of hydrogen-bond donors (Lipinski definition) is 1. The van der Waals surface area contributed by atoms with Gasteiger partial charge in [0.2, 0.25) is 5.91 Å². The second kappa shape index (κ2) is 5.82. The van der Waals surface area contributed by atoms with E-state index in [4.69, 9.17) is 0 Å². The standard InChI is InChI=1S/C17H16N2O3S2/c20-15(9-11-7-8-24(21,22)10-11)18-17-19-16-13-4-2-1-3-12(13)5-6-14(16)23-17/h1-6,11H,7-10H2,(H,18,19,20). The molecule has 5 nitrogen and oxygen atoms in total. The number of carbonyl (C=O) groups excluding carboxylic acids is 1. The summed E-state index contributed by atoms with van der Waals surface area (Å²) < 4.78 is 24.0. The second-order valence-corrected chi connectivity index (χ2v) is 9.43. The molecule has 1 aliphatic heterocycles. The van der Waals surface area contributed by atoms with Crippen LogP contribution >= 0.6 is 11.3 Å². The minimum Gasteiger partial charge on any atom is -0.302 e. The topological polar surface area (TPSA) is 76.1 Å². The molecular weight excluding hydrogens is 344 g/mol. The molecule has 1 unspecified atom stereocenters. The Morgan fingerprint density at radius 2 is 2.08 bits per heavy atom. The number of nitrogens with zero attached hydrogens (tertiary/aromatic N) is 1. The number of rotatable bonds is 3. The number of aromatic nitrogens is 1. The Bertz CT molecular complexity index is 1040. The van der Waals surface area contributed by atoms with Crippen LogP contribution in [0.5, 0.6) is 0 Å². The lowest BCUT2D eigenvalue weighted by Crippen LogP contribution is -2.17. The van der Waals surface area contributed by atoms with Gasteiger partial charge in [-0.3, -0.25) is 4.79 Å². The lowest BCUT2D eigenvalue weighted by atomic mass is 10.1. The maximum atomic E-state index is 12.2. The summed E-state index contributed by atoms with van der Waals surface area (Å²) in [4.78, 5) is 16.7. The van der Waals surface area contributed by atoms with E-state index in [1.807, 2.05) is 36.4 Å². The van der Waals surface area contributed by atoms with Crippen molar-refractivity contribution in [3.05, 3.63) is 36.4 Å². The highest BCUT2D eigenvalue weighted by molar-refractivity contribution is 7.91. The van der Waals surface area contributed by atoms with Crippen molar-refractivity contribution in [2.45, 2.75) is 12.8 Å². The zero-order valence-corrected chi connectivity index (χ0v) is 14.5. The molecule has 2 heterocycles. The van der Waals surface area contributed by atoms with Gasteiger partial charge < -0.3 is 5.32 Å². The maximum Gasteiger partial charge on any atom is 0.226 e. The van der Waals surface area contributed by atoms with E-state index in [1.165, 1.54) is 11.3 Å². The first-order chi connectivity index (χ1) is 11.5. The molecule has 0 aliphatic carbocycles. The van der Waals surface area contributed by atoms with Crippen molar-refractivity contribution in [2.75, 3.05) is 16.8 Å². The van der Waals surface area contributed by atoms with Gasteiger partial charge in [0.25, 0.3) is 0 Å². The van der Waals surface area contributed by atoms with Crippen molar-refractivity contribution in [1.29, 1.82) is 0 Å². The van der Waals surface area contributed by atoms with Crippen molar-refractivity contribution >= 4 is 53.2 Å². The number of anilines is 1. The van der Waals surface area contributed by atoms with Crippen LogP contribution < -0.4 is 5.32 Å². The zero-order valence-electron chi connectivity index (χ0n) is 12.9. The molecule has 1 aliphatic rings. The van der Waals surface area contributed by atoms with Gasteiger partial charge in [-0.2, -0.15) is 0 Å². The Kier molecular flexibility index (Phi) is 3.77. The van der Waals surface area contributed by atoms with Crippen LogP contribution in [0.2, 0.25) is 0 Å². The highest BCUT2D eigenvalue weighted by Gasteiger charge is 2.29. The van der Waals surface area contributed by atoms with Gasteiger partial charge in [-0.25, -0.2) is 13.4 Å². The third-order valence-electron chi connectivity index (χ3n) is 4.33. The van der Waals surface area contributed by atoms with Crippen molar-refractivity contribution < 1.29 is 13.2 Å². The minimum atomic E-state index is -2.95.